The van der Waals surface area contributed by atoms with E-state index in [2.05, 4.69) is 13.2 Å². The largest absolute Gasteiger partial charge is 0.494 e. The maximum absolute atomic E-state index is 15.2. The van der Waals surface area contributed by atoms with E-state index in [4.69, 9.17) is 21.1 Å². The molecule has 3 aromatic rings. The molecule has 0 radical (unpaired) electrons. The molecule has 3 saturated heterocycles. The van der Waals surface area contributed by atoms with Crippen LogP contribution in [-0.4, -0.2) is 77.3 Å². The van der Waals surface area contributed by atoms with Crippen molar-refractivity contribution in [3.05, 3.63) is 115 Å². The van der Waals surface area contributed by atoms with E-state index in [1.165, 1.54) is 4.90 Å². The van der Waals surface area contributed by atoms with Gasteiger partial charge < -0.3 is 29.3 Å². The SMILES string of the molecule is C=CCN(C(=O)C1N([C@@H](CO)Cc2ccccc2)C(=O)[C@@H]2[C@H](C(=O)N(CC=C)c3ccc(OCC)cc3)[C@]3(CC)CCC12O3)c1ccc(Cl)cc1. The highest BCUT2D eigenvalue weighted by Crippen LogP contribution is 2.65. The smallest absolute Gasteiger partial charge is 0.253 e. The van der Waals surface area contributed by atoms with Crippen molar-refractivity contribution >= 4 is 40.7 Å². The number of hydrogen-bond acceptors (Lipinski definition) is 6. The van der Waals surface area contributed by atoms with Crippen LogP contribution >= 0.6 is 11.6 Å². The molecular formula is C41H46ClN3O6. The van der Waals surface area contributed by atoms with Gasteiger partial charge in [-0.25, -0.2) is 0 Å². The second-order valence-electron chi connectivity index (χ2n) is 13.5. The molecule has 2 bridgehead atoms. The first-order valence-electron chi connectivity index (χ1n) is 17.7. The molecular weight excluding hydrogens is 666 g/mol. The molecule has 1 N–H and O–H groups in total. The van der Waals surface area contributed by atoms with E-state index in [0.29, 0.717) is 54.4 Å². The van der Waals surface area contributed by atoms with Gasteiger partial charge in [0.1, 0.15) is 17.4 Å². The Bertz CT molecular complexity index is 1750. The van der Waals surface area contributed by atoms with Crippen LogP contribution in [0.1, 0.15) is 38.7 Å². The molecule has 2 unspecified atom stereocenters. The number of halogens is 1. The molecule has 10 heteroatoms. The van der Waals surface area contributed by atoms with E-state index in [0.717, 1.165) is 5.56 Å². The number of carbonyl (C=O) groups is 3. The van der Waals surface area contributed by atoms with Gasteiger partial charge in [0, 0.05) is 29.5 Å². The molecule has 3 aliphatic rings. The average molecular weight is 712 g/mol. The molecule has 51 heavy (non-hydrogen) atoms. The zero-order chi connectivity index (χ0) is 36.3. The van der Waals surface area contributed by atoms with E-state index >= 15 is 14.4 Å². The highest BCUT2D eigenvalue weighted by Gasteiger charge is 2.79. The normalized spacial score (nSPS) is 25.3. The Hall–Kier alpha value is -4.44. The van der Waals surface area contributed by atoms with Crippen LogP contribution in [-0.2, 0) is 25.5 Å². The van der Waals surface area contributed by atoms with Gasteiger partial charge in [0.2, 0.25) is 11.8 Å². The fourth-order valence-corrected chi connectivity index (χ4v) is 8.70. The van der Waals surface area contributed by atoms with Crippen molar-refractivity contribution in [2.24, 2.45) is 11.8 Å². The van der Waals surface area contributed by atoms with Gasteiger partial charge in [0.15, 0.2) is 0 Å². The van der Waals surface area contributed by atoms with Crippen molar-refractivity contribution in [1.29, 1.82) is 0 Å². The van der Waals surface area contributed by atoms with Crippen molar-refractivity contribution in [1.82, 2.24) is 4.90 Å². The van der Waals surface area contributed by atoms with Crippen molar-refractivity contribution < 1.29 is 29.0 Å². The van der Waals surface area contributed by atoms with Gasteiger partial charge in [-0.3, -0.25) is 14.4 Å². The first kappa shape index (κ1) is 36.4. The number of fused-ring (bicyclic) bond motifs is 1. The number of rotatable bonds is 15. The highest BCUT2D eigenvalue weighted by atomic mass is 35.5. The molecule has 3 aliphatic heterocycles. The molecule has 9 nitrogen and oxygen atoms in total. The van der Waals surface area contributed by atoms with Crippen molar-refractivity contribution in [2.75, 3.05) is 36.1 Å². The third kappa shape index (κ3) is 6.36. The van der Waals surface area contributed by atoms with Crippen LogP contribution in [0.25, 0.3) is 0 Å². The van der Waals surface area contributed by atoms with Gasteiger partial charge >= 0.3 is 0 Å². The Morgan fingerprint density at radius 2 is 1.57 bits per heavy atom. The van der Waals surface area contributed by atoms with Gasteiger partial charge in [-0.2, -0.15) is 0 Å². The lowest BCUT2D eigenvalue weighted by Crippen LogP contribution is -2.59. The molecule has 3 heterocycles. The summed E-state index contributed by atoms with van der Waals surface area (Å²) in [6, 6.07) is 21.9. The van der Waals surface area contributed by atoms with Crippen LogP contribution in [0.5, 0.6) is 5.75 Å². The van der Waals surface area contributed by atoms with Gasteiger partial charge in [-0.1, -0.05) is 61.0 Å². The summed E-state index contributed by atoms with van der Waals surface area (Å²) in [6.45, 7) is 12.2. The fraction of sp³-hybridized carbons (Fsp3) is 0.390. The van der Waals surface area contributed by atoms with Gasteiger partial charge in [0.25, 0.3) is 5.91 Å². The van der Waals surface area contributed by atoms with Crippen molar-refractivity contribution in [2.45, 2.75) is 62.8 Å². The van der Waals surface area contributed by atoms with Gasteiger partial charge in [0.05, 0.1) is 36.7 Å². The number of benzene rings is 3. The summed E-state index contributed by atoms with van der Waals surface area (Å²) < 4.78 is 12.7. The number of aliphatic hydroxyl groups is 1. The maximum Gasteiger partial charge on any atom is 0.253 e. The quantitative estimate of drug-likeness (QED) is 0.188. The molecule has 3 amide bonds. The molecule has 6 atom stereocenters. The van der Waals surface area contributed by atoms with E-state index in [1.807, 2.05) is 68.4 Å². The fourth-order valence-electron chi connectivity index (χ4n) is 8.57. The van der Waals surface area contributed by atoms with Crippen LogP contribution < -0.4 is 14.5 Å². The first-order valence-corrected chi connectivity index (χ1v) is 18.1. The number of nitrogens with zero attached hydrogens (tertiary/aromatic N) is 3. The van der Waals surface area contributed by atoms with Crippen LogP contribution in [0.2, 0.25) is 5.02 Å². The molecule has 268 valence electrons. The Kier molecular flexibility index (Phi) is 10.7. The number of likely N-dealkylation sites (tertiary alicyclic amines) is 1. The Morgan fingerprint density at radius 3 is 2.14 bits per heavy atom. The number of carbonyl (C=O) groups excluding carboxylic acids is 3. The number of ether oxygens (including phenoxy) is 2. The summed E-state index contributed by atoms with van der Waals surface area (Å²) in [5.41, 5.74) is -0.151. The number of hydrogen-bond donors (Lipinski definition) is 1. The average Bonchev–Trinajstić information content (AvgIpc) is 3.76. The topological polar surface area (TPSA) is 99.6 Å². The minimum atomic E-state index is -1.31. The summed E-state index contributed by atoms with van der Waals surface area (Å²) in [4.78, 5) is 50.1. The lowest BCUT2D eigenvalue weighted by Gasteiger charge is -2.39. The number of aliphatic hydroxyl groups excluding tert-OH is 1. The third-order valence-corrected chi connectivity index (χ3v) is 11.0. The molecule has 0 aromatic heterocycles. The lowest BCUT2D eigenvalue weighted by molar-refractivity contribution is -0.149. The Morgan fingerprint density at radius 1 is 0.961 bits per heavy atom. The summed E-state index contributed by atoms with van der Waals surface area (Å²) in [6.07, 6.45) is 4.98. The predicted octanol–water partition coefficient (Wildman–Crippen LogP) is 6.24. The molecule has 3 aromatic carbocycles. The zero-order valence-electron chi connectivity index (χ0n) is 29.2. The van der Waals surface area contributed by atoms with Crippen LogP contribution in [0.4, 0.5) is 11.4 Å². The predicted molar refractivity (Wildman–Crippen MR) is 199 cm³/mol. The monoisotopic (exact) mass is 711 g/mol. The van der Waals surface area contributed by atoms with E-state index < -0.39 is 35.1 Å². The molecule has 1 spiro atoms. The van der Waals surface area contributed by atoms with Crippen LogP contribution in [0.3, 0.4) is 0 Å². The maximum atomic E-state index is 15.2. The van der Waals surface area contributed by atoms with E-state index in [9.17, 15) is 5.11 Å². The van der Waals surface area contributed by atoms with Gasteiger partial charge in [-0.05, 0) is 86.7 Å². The summed E-state index contributed by atoms with van der Waals surface area (Å²) in [5.74, 6) is -2.15. The summed E-state index contributed by atoms with van der Waals surface area (Å²) in [5, 5.41) is 11.5. The molecule has 6 rings (SSSR count). The van der Waals surface area contributed by atoms with E-state index in [-0.39, 0.29) is 37.4 Å². The zero-order valence-corrected chi connectivity index (χ0v) is 30.0. The van der Waals surface area contributed by atoms with E-state index in [1.54, 1.807) is 46.2 Å². The summed E-state index contributed by atoms with van der Waals surface area (Å²) >= 11 is 6.22. The van der Waals surface area contributed by atoms with Gasteiger partial charge in [-0.15, -0.1) is 13.2 Å². The highest BCUT2D eigenvalue weighted by molar-refractivity contribution is 6.30. The third-order valence-electron chi connectivity index (χ3n) is 10.8. The minimum absolute atomic E-state index is 0.161. The van der Waals surface area contributed by atoms with Crippen molar-refractivity contribution in [3.8, 4) is 5.75 Å². The second kappa shape index (κ2) is 15.0. The number of anilines is 2. The summed E-state index contributed by atoms with van der Waals surface area (Å²) in [7, 11) is 0. The minimum Gasteiger partial charge on any atom is -0.494 e. The molecule has 0 aliphatic carbocycles. The lowest BCUT2D eigenvalue weighted by atomic mass is 9.64. The standard InChI is InChI=1S/C41H46ClN3O6/c1-5-24-43(31-18-20-33(21-19-31)50-8-4)37(47)34-35-38(48)45(32(27-46)26-28-12-10-9-11-13-28)36(41(35)23-22-40(34,7-3)51-41)39(49)44(25-6-2)30-16-14-29(42)15-17-30/h5-6,9-21,32,34-36,46H,1-2,7-8,22-27H2,3-4H3/t32-,34-,35+,36?,40+,41?/m1/s1. The Balaban J connectivity index is 1.47. The number of amides is 3. The van der Waals surface area contributed by atoms with Crippen LogP contribution in [0.15, 0.2) is 104 Å². The molecule has 0 saturated carbocycles. The van der Waals surface area contributed by atoms with Crippen molar-refractivity contribution in [3.63, 3.8) is 0 Å². The Labute approximate surface area is 305 Å². The molecule has 3 fully saturated rings. The second-order valence-corrected chi connectivity index (χ2v) is 13.9. The first-order chi connectivity index (χ1) is 24.7. The van der Waals surface area contributed by atoms with Crippen LogP contribution in [0, 0.1) is 11.8 Å².